The van der Waals surface area contributed by atoms with Gasteiger partial charge in [0, 0.05) is 46.4 Å². The van der Waals surface area contributed by atoms with Gasteiger partial charge < -0.3 is 15.4 Å². The normalized spacial score (nSPS) is 17.6. The van der Waals surface area contributed by atoms with Crippen LogP contribution in [0.2, 0.25) is 0 Å². The Bertz CT molecular complexity index is 1530. The number of para-hydroxylation sites is 2. The second-order valence-electron chi connectivity index (χ2n) is 10.7. The van der Waals surface area contributed by atoms with Gasteiger partial charge in [-0.05, 0) is 84.9 Å². The van der Waals surface area contributed by atoms with E-state index in [1.807, 2.05) is 36.5 Å². The van der Waals surface area contributed by atoms with E-state index in [-0.39, 0.29) is 5.41 Å². The van der Waals surface area contributed by atoms with Gasteiger partial charge in [0.25, 0.3) is 0 Å². The van der Waals surface area contributed by atoms with Gasteiger partial charge in [0.05, 0.1) is 12.8 Å². The van der Waals surface area contributed by atoms with Crippen molar-refractivity contribution in [2.24, 2.45) is 0 Å². The molecule has 196 valence electrons. The van der Waals surface area contributed by atoms with Crippen LogP contribution in [0.4, 0.5) is 11.4 Å². The van der Waals surface area contributed by atoms with E-state index in [4.69, 9.17) is 4.74 Å². The van der Waals surface area contributed by atoms with E-state index in [1.54, 1.807) is 7.11 Å². The first-order chi connectivity index (χ1) is 19.1. The lowest BCUT2D eigenvalue weighted by Gasteiger charge is -2.39. The summed E-state index contributed by atoms with van der Waals surface area (Å²) in [5.74, 6) is 0.915. The Morgan fingerprint density at radius 2 is 1.79 bits per heavy atom. The molecular weight excluding hydrogens is 478 g/mol. The molecule has 0 amide bonds. The summed E-state index contributed by atoms with van der Waals surface area (Å²) in [5, 5.41) is 7.51. The number of nitrogens with one attached hydrogen (secondary N) is 2. The van der Waals surface area contributed by atoms with Crippen LogP contribution >= 0.6 is 0 Å². The van der Waals surface area contributed by atoms with Gasteiger partial charge in [-0.1, -0.05) is 61.5 Å². The molecule has 1 saturated carbocycles. The van der Waals surface area contributed by atoms with Crippen molar-refractivity contribution >= 4 is 23.1 Å². The molecule has 0 radical (unpaired) electrons. The molecule has 4 heteroatoms. The van der Waals surface area contributed by atoms with Crippen LogP contribution < -0.4 is 15.4 Å². The summed E-state index contributed by atoms with van der Waals surface area (Å²) in [7, 11) is 1.73. The number of allylic oxidation sites excluding steroid dienone is 2. The Labute approximate surface area is 231 Å². The summed E-state index contributed by atoms with van der Waals surface area (Å²) in [6, 6.07) is 29.7. The molecule has 4 nitrogen and oxygen atoms in total. The Morgan fingerprint density at radius 1 is 0.974 bits per heavy atom. The van der Waals surface area contributed by atoms with Crippen molar-refractivity contribution in [2.75, 3.05) is 12.4 Å². The van der Waals surface area contributed by atoms with Crippen LogP contribution in [0.1, 0.15) is 54.1 Å². The van der Waals surface area contributed by atoms with E-state index in [2.05, 4.69) is 89.3 Å². The molecule has 1 aromatic heterocycles. The fourth-order valence-corrected chi connectivity index (χ4v) is 5.66. The molecular formula is C35H35N3O. The Hall–Kier alpha value is -4.31. The predicted octanol–water partition coefficient (Wildman–Crippen LogP) is 8.05. The molecule has 1 heterocycles. The largest absolute Gasteiger partial charge is 0.496 e. The van der Waals surface area contributed by atoms with Crippen molar-refractivity contribution in [3.63, 3.8) is 0 Å². The van der Waals surface area contributed by atoms with Crippen LogP contribution in [0.3, 0.4) is 0 Å². The molecule has 6 rings (SSSR count). The minimum atomic E-state index is 0.0491. The number of hydrogen-bond donors (Lipinski definition) is 2. The molecule has 1 atom stereocenters. The molecule has 1 unspecified atom stereocenters. The number of methoxy groups -OCH3 is 1. The van der Waals surface area contributed by atoms with Crippen LogP contribution in [-0.4, -0.2) is 12.1 Å². The highest BCUT2D eigenvalue weighted by Gasteiger charge is 2.36. The first-order valence-corrected chi connectivity index (χ1v) is 13.8. The molecule has 0 bridgehead atoms. The van der Waals surface area contributed by atoms with Crippen molar-refractivity contribution in [2.45, 2.75) is 44.6 Å². The predicted molar refractivity (Wildman–Crippen MR) is 161 cm³/mol. The SMILES string of the molecule is COc1ccccc1CNC(=C1CCC1)c1ccccc1Nc1ccc2c(c1)CC2(C)/C=C/c1ccccn1. The average Bonchev–Trinajstić information content (AvgIpc) is 2.94. The lowest BCUT2D eigenvalue weighted by Crippen LogP contribution is -2.33. The van der Waals surface area contributed by atoms with E-state index in [9.17, 15) is 0 Å². The molecule has 2 aliphatic carbocycles. The third kappa shape index (κ3) is 5.20. The molecule has 2 N–H and O–H groups in total. The third-order valence-corrected chi connectivity index (χ3v) is 8.02. The van der Waals surface area contributed by atoms with Crippen LogP contribution in [0, 0.1) is 0 Å². The van der Waals surface area contributed by atoms with Crippen molar-refractivity contribution in [1.29, 1.82) is 0 Å². The van der Waals surface area contributed by atoms with E-state index < -0.39 is 0 Å². The number of pyridine rings is 1. The van der Waals surface area contributed by atoms with E-state index in [0.717, 1.165) is 54.2 Å². The quantitative estimate of drug-likeness (QED) is 0.238. The van der Waals surface area contributed by atoms with Crippen LogP contribution in [0.5, 0.6) is 5.75 Å². The fraction of sp³-hybridized carbons (Fsp3) is 0.229. The summed E-state index contributed by atoms with van der Waals surface area (Å²) >= 11 is 0. The van der Waals surface area contributed by atoms with Crippen LogP contribution in [0.25, 0.3) is 11.8 Å². The number of rotatable bonds is 9. The molecule has 4 aromatic rings. The summed E-state index contributed by atoms with van der Waals surface area (Å²) in [5.41, 5.74) is 11.2. The zero-order chi connectivity index (χ0) is 26.7. The fourth-order valence-electron chi connectivity index (χ4n) is 5.66. The highest BCUT2D eigenvalue weighted by atomic mass is 16.5. The highest BCUT2D eigenvalue weighted by molar-refractivity contribution is 5.80. The minimum absolute atomic E-state index is 0.0491. The zero-order valence-electron chi connectivity index (χ0n) is 22.7. The Kier molecular flexibility index (Phi) is 6.93. The standard InChI is InChI=1S/C35H35N3O/c1-35(20-19-28-13-7-8-21-36-28)23-27-22-29(17-18-31(27)35)38-32-15-5-4-14-30(32)34(25-11-9-12-25)37-24-26-10-3-6-16-33(26)39-2/h3-8,10,13-22,37-38H,9,11-12,23-24H2,1-2H3/b20-19+. The molecule has 0 aliphatic heterocycles. The smallest absolute Gasteiger partial charge is 0.123 e. The second-order valence-corrected chi connectivity index (χ2v) is 10.7. The summed E-state index contributed by atoms with van der Waals surface area (Å²) in [4.78, 5) is 4.43. The molecule has 0 saturated heterocycles. The van der Waals surface area contributed by atoms with Gasteiger partial charge in [-0.3, -0.25) is 4.98 Å². The number of ether oxygens (including phenoxy) is 1. The Balaban J connectivity index is 1.22. The van der Waals surface area contributed by atoms with Gasteiger partial charge in [-0.25, -0.2) is 0 Å². The van der Waals surface area contributed by atoms with Gasteiger partial charge in [0.1, 0.15) is 5.75 Å². The van der Waals surface area contributed by atoms with E-state index >= 15 is 0 Å². The van der Waals surface area contributed by atoms with Crippen LogP contribution in [0.15, 0.2) is 103 Å². The molecule has 0 spiro atoms. The molecule has 1 fully saturated rings. The number of hydrogen-bond acceptors (Lipinski definition) is 4. The topological polar surface area (TPSA) is 46.2 Å². The number of anilines is 2. The van der Waals surface area contributed by atoms with Gasteiger partial charge in [-0.15, -0.1) is 0 Å². The van der Waals surface area contributed by atoms with Crippen molar-refractivity contribution < 1.29 is 4.74 Å². The van der Waals surface area contributed by atoms with Crippen molar-refractivity contribution in [3.05, 3.63) is 131 Å². The van der Waals surface area contributed by atoms with Gasteiger partial charge in [0.2, 0.25) is 0 Å². The number of fused-ring (bicyclic) bond motifs is 1. The molecule has 39 heavy (non-hydrogen) atoms. The maximum Gasteiger partial charge on any atom is 0.123 e. The third-order valence-electron chi connectivity index (χ3n) is 8.02. The van der Waals surface area contributed by atoms with Gasteiger partial charge >= 0.3 is 0 Å². The van der Waals surface area contributed by atoms with Crippen molar-refractivity contribution in [3.8, 4) is 5.75 Å². The maximum absolute atomic E-state index is 5.59. The van der Waals surface area contributed by atoms with E-state index in [1.165, 1.54) is 34.4 Å². The molecule has 2 aliphatic rings. The van der Waals surface area contributed by atoms with Crippen LogP contribution in [-0.2, 0) is 18.4 Å². The number of benzene rings is 3. The number of aromatic nitrogens is 1. The highest BCUT2D eigenvalue weighted by Crippen LogP contribution is 2.44. The lowest BCUT2D eigenvalue weighted by atomic mass is 9.65. The Morgan fingerprint density at radius 3 is 2.56 bits per heavy atom. The monoisotopic (exact) mass is 513 g/mol. The first kappa shape index (κ1) is 25.0. The summed E-state index contributed by atoms with van der Waals surface area (Å²) < 4.78 is 5.59. The van der Waals surface area contributed by atoms with E-state index in [0.29, 0.717) is 0 Å². The average molecular weight is 514 g/mol. The van der Waals surface area contributed by atoms with Gasteiger partial charge in [-0.2, -0.15) is 0 Å². The van der Waals surface area contributed by atoms with Crippen molar-refractivity contribution in [1.82, 2.24) is 10.3 Å². The number of nitrogens with zero attached hydrogens (tertiary/aromatic N) is 1. The minimum Gasteiger partial charge on any atom is -0.496 e. The lowest BCUT2D eigenvalue weighted by molar-refractivity contribution is 0.409. The summed E-state index contributed by atoms with van der Waals surface area (Å²) in [6.45, 7) is 3.03. The first-order valence-electron chi connectivity index (χ1n) is 13.8. The van der Waals surface area contributed by atoms with Gasteiger partial charge in [0.15, 0.2) is 0 Å². The second kappa shape index (κ2) is 10.8. The molecule has 3 aromatic carbocycles. The maximum atomic E-state index is 5.59. The zero-order valence-corrected chi connectivity index (χ0v) is 22.7. The summed E-state index contributed by atoms with van der Waals surface area (Å²) in [6.07, 6.45) is 10.8.